The topological polar surface area (TPSA) is 26.3 Å². The Morgan fingerprint density at radius 3 is 2.83 bits per heavy atom. The average Bonchev–Trinajstić information content (AvgIpc) is 2.04. The van der Waals surface area contributed by atoms with E-state index in [1.54, 1.807) is 7.11 Å². The first kappa shape index (κ1) is 9.46. The third-order valence-electron chi connectivity index (χ3n) is 2.60. The lowest BCUT2D eigenvalue weighted by molar-refractivity contribution is -0.105. The van der Waals surface area contributed by atoms with Gasteiger partial charge in [0.05, 0.1) is 6.10 Å². The van der Waals surface area contributed by atoms with Crippen molar-refractivity contribution in [2.24, 2.45) is 5.41 Å². The fourth-order valence-corrected chi connectivity index (χ4v) is 1.60. The van der Waals surface area contributed by atoms with Gasteiger partial charge in [-0.15, -0.1) is 0 Å². The predicted octanol–water partition coefficient (Wildman–Crippen LogP) is 1.95. The van der Waals surface area contributed by atoms with Gasteiger partial charge in [0.25, 0.3) is 0 Å². The molecule has 1 aliphatic rings. The van der Waals surface area contributed by atoms with Gasteiger partial charge in [0, 0.05) is 7.11 Å². The standard InChI is InChI=1S/C10H16O2/c1-10(2)5-4-8(7-11)6-9(10)12-3/h6-7,9H,4-5H2,1-3H3. The first-order valence-corrected chi connectivity index (χ1v) is 4.29. The molecule has 0 aromatic rings. The van der Waals surface area contributed by atoms with Gasteiger partial charge in [-0.05, 0) is 29.9 Å². The third-order valence-corrected chi connectivity index (χ3v) is 2.60. The van der Waals surface area contributed by atoms with Gasteiger partial charge in [0.2, 0.25) is 0 Å². The second kappa shape index (κ2) is 3.40. The van der Waals surface area contributed by atoms with Crippen LogP contribution in [0.2, 0.25) is 0 Å². The Bertz CT molecular complexity index is 204. The molecule has 0 amide bonds. The van der Waals surface area contributed by atoms with Gasteiger partial charge in [0.15, 0.2) is 0 Å². The van der Waals surface area contributed by atoms with Crippen molar-refractivity contribution in [1.82, 2.24) is 0 Å². The number of carbonyl (C=O) groups is 1. The van der Waals surface area contributed by atoms with E-state index in [2.05, 4.69) is 13.8 Å². The quantitative estimate of drug-likeness (QED) is 0.589. The molecule has 1 unspecified atom stereocenters. The molecule has 0 aromatic heterocycles. The molecule has 0 saturated carbocycles. The van der Waals surface area contributed by atoms with Crippen molar-refractivity contribution in [3.63, 3.8) is 0 Å². The third kappa shape index (κ3) is 1.75. The summed E-state index contributed by atoms with van der Waals surface area (Å²) in [6.07, 6.45) is 4.87. The van der Waals surface area contributed by atoms with Crippen molar-refractivity contribution in [2.45, 2.75) is 32.8 Å². The second-order valence-corrected chi connectivity index (χ2v) is 4.00. The molecule has 0 saturated heterocycles. The highest BCUT2D eigenvalue weighted by Crippen LogP contribution is 2.35. The van der Waals surface area contributed by atoms with E-state index in [0.29, 0.717) is 0 Å². The molecule has 1 aliphatic carbocycles. The van der Waals surface area contributed by atoms with Crippen molar-refractivity contribution in [2.75, 3.05) is 7.11 Å². The van der Waals surface area contributed by atoms with Crippen LogP contribution in [0, 0.1) is 5.41 Å². The van der Waals surface area contributed by atoms with E-state index in [1.165, 1.54) is 0 Å². The molecule has 1 rings (SSSR count). The maximum absolute atomic E-state index is 10.5. The maximum Gasteiger partial charge on any atom is 0.145 e. The lowest BCUT2D eigenvalue weighted by Gasteiger charge is -2.35. The summed E-state index contributed by atoms with van der Waals surface area (Å²) in [6, 6.07) is 0. The first-order chi connectivity index (χ1) is 5.60. The molecule has 68 valence electrons. The van der Waals surface area contributed by atoms with Gasteiger partial charge in [-0.25, -0.2) is 0 Å². The number of rotatable bonds is 2. The van der Waals surface area contributed by atoms with Crippen LogP contribution < -0.4 is 0 Å². The molecule has 1 atom stereocenters. The summed E-state index contributed by atoms with van der Waals surface area (Å²) in [5, 5.41) is 0. The van der Waals surface area contributed by atoms with Crippen molar-refractivity contribution < 1.29 is 9.53 Å². The van der Waals surface area contributed by atoms with E-state index in [9.17, 15) is 4.79 Å². The fraction of sp³-hybridized carbons (Fsp3) is 0.700. The van der Waals surface area contributed by atoms with Gasteiger partial charge in [-0.3, -0.25) is 4.79 Å². The Morgan fingerprint density at radius 1 is 1.67 bits per heavy atom. The molecular weight excluding hydrogens is 152 g/mol. The number of ether oxygens (including phenoxy) is 1. The van der Waals surface area contributed by atoms with Crippen LogP contribution in [0.4, 0.5) is 0 Å². The van der Waals surface area contributed by atoms with Crippen molar-refractivity contribution in [3.8, 4) is 0 Å². The highest BCUT2D eigenvalue weighted by atomic mass is 16.5. The molecule has 2 heteroatoms. The van der Waals surface area contributed by atoms with Gasteiger partial charge in [0.1, 0.15) is 6.29 Å². The minimum absolute atomic E-state index is 0.0893. The van der Waals surface area contributed by atoms with Crippen molar-refractivity contribution in [3.05, 3.63) is 11.6 Å². The normalized spacial score (nSPS) is 27.9. The van der Waals surface area contributed by atoms with E-state index in [0.717, 1.165) is 24.7 Å². The maximum atomic E-state index is 10.5. The smallest absolute Gasteiger partial charge is 0.145 e. The molecule has 2 nitrogen and oxygen atoms in total. The van der Waals surface area contributed by atoms with Crippen LogP contribution in [0.15, 0.2) is 11.6 Å². The van der Waals surface area contributed by atoms with E-state index in [-0.39, 0.29) is 11.5 Å². The molecule has 0 radical (unpaired) electrons. The number of hydrogen-bond acceptors (Lipinski definition) is 2. The Hall–Kier alpha value is -0.630. The summed E-state index contributed by atoms with van der Waals surface area (Å²) >= 11 is 0. The summed E-state index contributed by atoms with van der Waals surface area (Å²) in [5.74, 6) is 0. The van der Waals surface area contributed by atoms with E-state index < -0.39 is 0 Å². The molecule has 0 heterocycles. The minimum Gasteiger partial charge on any atom is -0.377 e. The first-order valence-electron chi connectivity index (χ1n) is 4.29. The van der Waals surface area contributed by atoms with Crippen molar-refractivity contribution in [1.29, 1.82) is 0 Å². The zero-order chi connectivity index (χ0) is 9.19. The van der Waals surface area contributed by atoms with Crippen LogP contribution in [0.5, 0.6) is 0 Å². The second-order valence-electron chi connectivity index (χ2n) is 4.00. The molecule has 0 aliphatic heterocycles. The summed E-state index contributed by atoms with van der Waals surface area (Å²) in [5.41, 5.74) is 1.04. The summed E-state index contributed by atoms with van der Waals surface area (Å²) in [6.45, 7) is 4.33. The summed E-state index contributed by atoms with van der Waals surface area (Å²) in [4.78, 5) is 10.5. The Balaban J connectivity index is 2.81. The van der Waals surface area contributed by atoms with Crippen LogP contribution in [-0.2, 0) is 9.53 Å². The van der Waals surface area contributed by atoms with Crippen LogP contribution in [-0.4, -0.2) is 19.5 Å². The zero-order valence-electron chi connectivity index (χ0n) is 7.96. The number of allylic oxidation sites excluding steroid dienone is 1. The molecule has 0 fully saturated rings. The van der Waals surface area contributed by atoms with Gasteiger partial charge >= 0.3 is 0 Å². The lowest BCUT2D eigenvalue weighted by Crippen LogP contribution is -2.32. The van der Waals surface area contributed by atoms with Gasteiger partial charge in [-0.2, -0.15) is 0 Å². The molecule has 0 spiro atoms. The fourth-order valence-electron chi connectivity index (χ4n) is 1.60. The Kier molecular flexibility index (Phi) is 2.68. The monoisotopic (exact) mass is 168 g/mol. The molecular formula is C10H16O2. The van der Waals surface area contributed by atoms with E-state index >= 15 is 0 Å². The number of aldehydes is 1. The van der Waals surface area contributed by atoms with Gasteiger partial charge < -0.3 is 4.74 Å². The Morgan fingerprint density at radius 2 is 2.33 bits per heavy atom. The average molecular weight is 168 g/mol. The predicted molar refractivity (Wildman–Crippen MR) is 48.0 cm³/mol. The molecule has 0 aromatic carbocycles. The molecule has 0 N–H and O–H groups in total. The lowest BCUT2D eigenvalue weighted by atomic mass is 9.76. The van der Waals surface area contributed by atoms with Crippen molar-refractivity contribution >= 4 is 6.29 Å². The highest BCUT2D eigenvalue weighted by Gasteiger charge is 2.31. The Labute approximate surface area is 73.6 Å². The van der Waals surface area contributed by atoms with E-state index in [4.69, 9.17) is 4.74 Å². The largest absolute Gasteiger partial charge is 0.377 e. The van der Waals surface area contributed by atoms with Crippen LogP contribution in [0.3, 0.4) is 0 Å². The van der Waals surface area contributed by atoms with Crippen LogP contribution in [0.25, 0.3) is 0 Å². The summed E-state index contributed by atoms with van der Waals surface area (Å²) < 4.78 is 5.30. The minimum atomic E-state index is 0.0893. The highest BCUT2D eigenvalue weighted by molar-refractivity contribution is 5.73. The van der Waals surface area contributed by atoms with Gasteiger partial charge in [-0.1, -0.05) is 13.8 Å². The number of hydrogen-bond donors (Lipinski definition) is 0. The number of carbonyl (C=O) groups excluding carboxylic acids is 1. The van der Waals surface area contributed by atoms with E-state index in [1.807, 2.05) is 6.08 Å². The van der Waals surface area contributed by atoms with Crippen LogP contribution in [0.1, 0.15) is 26.7 Å². The summed E-state index contributed by atoms with van der Waals surface area (Å²) in [7, 11) is 1.69. The zero-order valence-corrected chi connectivity index (χ0v) is 7.96. The SMILES string of the molecule is COC1C=C(C=O)CCC1(C)C. The number of methoxy groups -OCH3 is 1. The molecule has 12 heavy (non-hydrogen) atoms. The molecule has 0 bridgehead atoms. The van der Waals surface area contributed by atoms with Crippen LogP contribution >= 0.6 is 0 Å².